The van der Waals surface area contributed by atoms with Gasteiger partial charge in [-0.3, -0.25) is 9.59 Å². The van der Waals surface area contributed by atoms with E-state index in [1.807, 2.05) is 19.0 Å². The lowest BCUT2D eigenvalue weighted by atomic mass is 10.1. The number of methoxy groups -OCH3 is 1. The van der Waals surface area contributed by atoms with E-state index in [0.717, 1.165) is 57.9 Å². The quantitative estimate of drug-likeness (QED) is 0.281. The summed E-state index contributed by atoms with van der Waals surface area (Å²) in [6.45, 7) is 3.29. The molecular weight excluding hydrogens is 400 g/mol. The van der Waals surface area contributed by atoms with Crippen LogP contribution in [0.3, 0.4) is 0 Å². The molecule has 0 heterocycles. The van der Waals surface area contributed by atoms with Crippen LogP contribution in [0.15, 0.2) is 0 Å². The number of unbranched alkanes of at least 4 members (excludes halogenated alkanes) is 7. The van der Waals surface area contributed by atoms with Crippen molar-refractivity contribution in [3.05, 3.63) is 0 Å². The summed E-state index contributed by atoms with van der Waals surface area (Å²) in [5.74, 6) is -0.632. The van der Waals surface area contributed by atoms with Crippen LogP contribution in [0.5, 0.6) is 0 Å². The Morgan fingerprint density at radius 3 is 1.77 bits per heavy atom. The molecule has 2 N–H and O–H groups in total. The van der Waals surface area contributed by atoms with Crippen LogP contribution in [0.1, 0.15) is 77.6 Å². The Morgan fingerprint density at radius 2 is 1.26 bits per heavy atom. The average Bonchev–Trinajstić information content (AvgIpc) is 2.72. The molecule has 0 saturated carbocycles. The average molecular weight is 443 g/mol. The molecule has 0 aromatic carbocycles. The zero-order chi connectivity index (χ0) is 23.5. The van der Waals surface area contributed by atoms with E-state index in [1.54, 1.807) is 6.92 Å². The summed E-state index contributed by atoms with van der Waals surface area (Å²) in [6, 6.07) is -1.34. The van der Waals surface area contributed by atoms with Gasteiger partial charge in [-0.05, 0) is 46.8 Å². The van der Waals surface area contributed by atoms with E-state index in [0.29, 0.717) is 30.8 Å². The Hall–Kier alpha value is -2.16. The smallest absolute Gasteiger partial charge is 0.332 e. The van der Waals surface area contributed by atoms with Gasteiger partial charge >= 0.3 is 18.0 Å². The van der Waals surface area contributed by atoms with E-state index >= 15 is 0 Å². The molecule has 0 unspecified atom stereocenters. The number of nitrogens with zero attached hydrogens (tertiary/aromatic N) is 2. The number of imide groups is 3. The highest BCUT2D eigenvalue weighted by atomic mass is 16.5. The molecule has 0 radical (unpaired) electrons. The second kappa shape index (κ2) is 18.6. The molecule has 31 heavy (non-hydrogen) atoms. The van der Waals surface area contributed by atoms with Crippen molar-refractivity contribution in [2.45, 2.75) is 77.6 Å². The number of nitrogens with one attached hydrogen (secondary N) is 2. The number of ether oxygens (including phenoxy) is 1. The third-order valence-electron chi connectivity index (χ3n) is 4.79. The third-order valence-corrected chi connectivity index (χ3v) is 4.79. The largest absolute Gasteiger partial charge is 0.469 e. The molecule has 0 spiro atoms. The topological polar surface area (TPSA) is 108 Å². The number of carbonyl (C=O) groups is 4. The first kappa shape index (κ1) is 28.8. The predicted molar refractivity (Wildman–Crippen MR) is 121 cm³/mol. The molecule has 0 aliphatic carbocycles. The molecule has 9 heteroatoms. The van der Waals surface area contributed by atoms with Gasteiger partial charge < -0.3 is 20.3 Å². The van der Waals surface area contributed by atoms with Crippen molar-refractivity contribution in [1.82, 2.24) is 20.4 Å². The number of hydrogen-bond donors (Lipinski definition) is 2. The summed E-state index contributed by atoms with van der Waals surface area (Å²) in [5.41, 5.74) is 0. The minimum atomic E-state index is -0.676. The second-order valence-corrected chi connectivity index (χ2v) is 7.86. The minimum Gasteiger partial charge on any atom is -0.469 e. The Kier molecular flexibility index (Phi) is 17.3. The summed E-state index contributed by atoms with van der Waals surface area (Å²) in [4.78, 5) is 50.8. The van der Waals surface area contributed by atoms with Gasteiger partial charge in [-0.15, -0.1) is 0 Å². The molecule has 0 bridgehead atoms. The fraction of sp³-hybridized carbons (Fsp3) is 0.818. The molecule has 0 saturated heterocycles. The first-order valence-electron chi connectivity index (χ1n) is 11.4. The van der Waals surface area contributed by atoms with Gasteiger partial charge in [0, 0.05) is 25.9 Å². The number of urea groups is 2. The van der Waals surface area contributed by atoms with Crippen LogP contribution in [0.25, 0.3) is 0 Å². The monoisotopic (exact) mass is 442 g/mol. The number of amides is 5. The molecule has 0 atom stereocenters. The summed E-state index contributed by atoms with van der Waals surface area (Å²) >= 11 is 0. The highest BCUT2D eigenvalue weighted by molar-refractivity contribution is 6.09. The van der Waals surface area contributed by atoms with Gasteiger partial charge in [0.15, 0.2) is 0 Å². The maximum Gasteiger partial charge on any atom is 0.332 e. The van der Waals surface area contributed by atoms with Crippen LogP contribution >= 0.6 is 0 Å². The molecule has 9 nitrogen and oxygen atoms in total. The van der Waals surface area contributed by atoms with Crippen molar-refractivity contribution in [1.29, 1.82) is 0 Å². The van der Waals surface area contributed by atoms with Crippen LogP contribution in [-0.4, -0.2) is 74.6 Å². The van der Waals surface area contributed by atoms with Gasteiger partial charge in [0.2, 0.25) is 5.91 Å². The number of hydrogen-bond acceptors (Lipinski definition) is 6. The fourth-order valence-corrected chi connectivity index (χ4v) is 3.04. The first-order chi connectivity index (χ1) is 14.8. The first-order valence-corrected chi connectivity index (χ1v) is 11.4. The van der Waals surface area contributed by atoms with E-state index < -0.39 is 18.0 Å². The normalized spacial score (nSPS) is 10.6. The summed E-state index contributed by atoms with van der Waals surface area (Å²) in [5, 5.41) is 5.18. The standard InChI is InChI=1S/C22H42N4O5/c1-5-23-21(29)26(22(30)24-17-14-18-25(2)3)19(27)15-12-10-8-6-7-9-11-13-16-20(28)31-4/h5-18H2,1-4H3,(H,23,29)(H,24,30). The molecule has 0 aromatic rings. The van der Waals surface area contributed by atoms with Gasteiger partial charge in [-0.2, -0.15) is 4.90 Å². The molecule has 0 aliphatic heterocycles. The van der Waals surface area contributed by atoms with Gasteiger partial charge in [0.25, 0.3) is 0 Å². The summed E-state index contributed by atoms with van der Waals surface area (Å²) in [6.07, 6.45) is 9.01. The van der Waals surface area contributed by atoms with Crippen molar-refractivity contribution >= 4 is 23.9 Å². The maximum atomic E-state index is 12.5. The molecule has 0 fully saturated rings. The van der Waals surface area contributed by atoms with Gasteiger partial charge in [0.1, 0.15) is 0 Å². The second-order valence-electron chi connectivity index (χ2n) is 7.86. The molecule has 180 valence electrons. The van der Waals surface area contributed by atoms with Crippen LogP contribution in [-0.2, 0) is 14.3 Å². The van der Waals surface area contributed by atoms with Crippen LogP contribution in [0.4, 0.5) is 9.59 Å². The third kappa shape index (κ3) is 15.3. The predicted octanol–water partition coefficient (Wildman–Crippen LogP) is 3.28. The fourth-order valence-electron chi connectivity index (χ4n) is 3.04. The lowest BCUT2D eigenvalue weighted by Gasteiger charge is -2.20. The summed E-state index contributed by atoms with van der Waals surface area (Å²) < 4.78 is 4.61. The van der Waals surface area contributed by atoms with Gasteiger partial charge in [-0.1, -0.05) is 38.5 Å². The van der Waals surface area contributed by atoms with Crippen molar-refractivity contribution < 1.29 is 23.9 Å². The Balaban J connectivity index is 4.13. The molecule has 0 aromatic heterocycles. The highest BCUT2D eigenvalue weighted by Crippen LogP contribution is 2.12. The molecule has 0 rings (SSSR count). The van der Waals surface area contributed by atoms with Crippen LogP contribution in [0.2, 0.25) is 0 Å². The molecule has 0 aliphatic rings. The Morgan fingerprint density at radius 1 is 0.742 bits per heavy atom. The van der Waals surface area contributed by atoms with E-state index in [1.165, 1.54) is 7.11 Å². The lowest BCUT2D eigenvalue weighted by molar-refractivity contribution is -0.140. The SMILES string of the molecule is CCNC(=O)N(C(=O)CCCCCCCCCCC(=O)OC)C(=O)NCCCN(C)C. The van der Waals surface area contributed by atoms with Gasteiger partial charge in [0.05, 0.1) is 7.11 Å². The number of carbonyl (C=O) groups excluding carboxylic acids is 4. The van der Waals surface area contributed by atoms with Crippen LogP contribution in [0, 0.1) is 0 Å². The summed E-state index contributed by atoms with van der Waals surface area (Å²) in [7, 11) is 5.29. The highest BCUT2D eigenvalue weighted by Gasteiger charge is 2.27. The maximum absolute atomic E-state index is 12.5. The van der Waals surface area contributed by atoms with E-state index in [4.69, 9.17) is 0 Å². The zero-order valence-electron chi connectivity index (χ0n) is 19.8. The van der Waals surface area contributed by atoms with Crippen molar-refractivity contribution in [2.75, 3.05) is 40.8 Å². The minimum absolute atomic E-state index is 0.159. The Labute approximate surface area is 187 Å². The van der Waals surface area contributed by atoms with E-state index in [9.17, 15) is 19.2 Å². The molecule has 5 amide bonds. The Bertz CT molecular complexity index is 540. The van der Waals surface area contributed by atoms with Crippen molar-refractivity contribution in [3.8, 4) is 0 Å². The number of rotatable bonds is 16. The number of esters is 1. The lowest BCUT2D eigenvalue weighted by Crippen LogP contribution is -2.51. The van der Waals surface area contributed by atoms with E-state index in [-0.39, 0.29) is 12.4 Å². The van der Waals surface area contributed by atoms with Crippen molar-refractivity contribution in [2.24, 2.45) is 0 Å². The zero-order valence-corrected chi connectivity index (χ0v) is 19.8. The van der Waals surface area contributed by atoms with Crippen LogP contribution < -0.4 is 10.6 Å². The van der Waals surface area contributed by atoms with Gasteiger partial charge in [-0.25, -0.2) is 9.59 Å². The molecular formula is C22H42N4O5. The van der Waals surface area contributed by atoms with Crippen molar-refractivity contribution in [3.63, 3.8) is 0 Å². The van der Waals surface area contributed by atoms with E-state index in [2.05, 4.69) is 15.4 Å².